The van der Waals surface area contributed by atoms with Crippen molar-refractivity contribution in [2.24, 2.45) is 0 Å². The molecule has 1 nitrogen and oxygen atoms in total. The van der Waals surface area contributed by atoms with Crippen molar-refractivity contribution in [3.8, 4) is 0 Å². The Morgan fingerprint density at radius 3 is 2.00 bits per heavy atom. The van der Waals surface area contributed by atoms with Gasteiger partial charge in [0.1, 0.15) is 0 Å². The largest absolute Gasteiger partial charge is 0.303 e. The molecule has 0 saturated carbocycles. The van der Waals surface area contributed by atoms with Crippen molar-refractivity contribution in [1.29, 1.82) is 0 Å². The molecule has 1 aliphatic heterocycles. The standard InChI is InChI=1S/C4H7F2N.ClH/c1-3-4(5,6)2-7-3;/h3,7H,2H2,1H3;1H/t3-;/m0./s1. The average Bonchev–Trinajstić information content (AvgIpc) is 1.63. The lowest BCUT2D eigenvalue weighted by atomic mass is 10.1. The molecule has 0 aliphatic carbocycles. The summed E-state index contributed by atoms with van der Waals surface area (Å²) in [4.78, 5) is 0. The number of alkyl halides is 2. The summed E-state index contributed by atoms with van der Waals surface area (Å²) in [7, 11) is 0. The van der Waals surface area contributed by atoms with Crippen molar-refractivity contribution in [3.05, 3.63) is 0 Å². The normalized spacial score (nSPS) is 32.6. The minimum atomic E-state index is -2.43. The van der Waals surface area contributed by atoms with Crippen LogP contribution in [0.2, 0.25) is 0 Å². The summed E-state index contributed by atoms with van der Waals surface area (Å²) in [5, 5.41) is 2.55. The Bertz CT molecular complexity index is 86.1. The maximum atomic E-state index is 11.9. The summed E-state index contributed by atoms with van der Waals surface area (Å²) >= 11 is 0. The molecule has 1 rings (SSSR count). The lowest BCUT2D eigenvalue weighted by Gasteiger charge is -2.34. The summed E-state index contributed by atoms with van der Waals surface area (Å²) in [5.74, 6) is -2.43. The van der Waals surface area contributed by atoms with Gasteiger partial charge in [0.15, 0.2) is 0 Å². The van der Waals surface area contributed by atoms with E-state index in [2.05, 4.69) is 5.32 Å². The highest BCUT2D eigenvalue weighted by atomic mass is 35.5. The van der Waals surface area contributed by atoms with Crippen molar-refractivity contribution in [3.63, 3.8) is 0 Å². The molecule has 0 aromatic carbocycles. The van der Waals surface area contributed by atoms with Crippen molar-refractivity contribution in [2.45, 2.75) is 18.9 Å². The molecular weight excluding hydrogens is 136 g/mol. The topological polar surface area (TPSA) is 12.0 Å². The molecule has 0 unspecified atom stereocenters. The van der Waals surface area contributed by atoms with Gasteiger partial charge >= 0.3 is 0 Å². The van der Waals surface area contributed by atoms with Crippen molar-refractivity contribution >= 4 is 12.4 Å². The fraction of sp³-hybridized carbons (Fsp3) is 1.00. The van der Waals surface area contributed by atoms with E-state index in [0.29, 0.717) is 0 Å². The van der Waals surface area contributed by atoms with E-state index in [1.165, 1.54) is 6.92 Å². The van der Waals surface area contributed by atoms with Gasteiger partial charge < -0.3 is 5.32 Å². The van der Waals surface area contributed by atoms with Crippen LogP contribution in [0.4, 0.5) is 8.78 Å². The van der Waals surface area contributed by atoms with Gasteiger partial charge in [-0.1, -0.05) is 0 Å². The third kappa shape index (κ3) is 1.09. The second-order valence-electron chi connectivity index (χ2n) is 1.86. The Morgan fingerprint density at radius 1 is 1.62 bits per heavy atom. The number of hydrogen-bond acceptors (Lipinski definition) is 1. The van der Waals surface area contributed by atoms with E-state index in [4.69, 9.17) is 0 Å². The highest BCUT2D eigenvalue weighted by Crippen LogP contribution is 2.24. The van der Waals surface area contributed by atoms with Gasteiger partial charge in [0.05, 0.1) is 12.6 Å². The molecule has 1 aliphatic rings. The predicted molar refractivity (Wildman–Crippen MR) is 29.7 cm³/mol. The Labute approximate surface area is 52.9 Å². The van der Waals surface area contributed by atoms with Crippen LogP contribution in [-0.4, -0.2) is 18.5 Å². The average molecular weight is 144 g/mol. The van der Waals surface area contributed by atoms with Crippen molar-refractivity contribution in [2.75, 3.05) is 6.54 Å². The lowest BCUT2D eigenvalue weighted by Crippen LogP contribution is -2.60. The smallest absolute Gasteiger partial charge is 0.274 e. The summed E-state index contributed by atoms with van der Waals surface area (Å²) in [5.41, 5.74) is 0. The van der Waals surface area contributed by atoms with E-state index in [9.17, 15) is 8.78 Å². The van der Waals surface area contributed by atoms with E-state index in [1.54, 1.807) is 0 Å². The second kappa shape index (κ2) is 2.15. The van der Waals surface area contributed by atoms with E-state index >= 15 is 0 Å². The van der Waals surface area contributed by atoms with Gasteiger partial charge in [-0.05, 0) is 6.92 Å². The third-order valence-electron chi connectivity index (χ3n) is 1.28. The zero-order chi connectivity index (χ0) is 5.49. The molecule has 1 fully saturated rings. The van der Waals surface area contributed by atoms with Gasteiger partial charge in [0.2, 0.25) is 0 Å². The molecule has 0 bridgehead atoms. The van der Waals surface area contributed by atoms with Crippen LogP contribution in [0.1, 0.15) is 6.92 Å². The number of nitrogens with one attached hydrogen (secondary N) is 1. The molecule has 0 radical (unpaired) electrons. The van der Waals surface area contributed by atoms with Crippen LogP contribution in [0.15, 0.2) is 0 Å². The Hall–Kier alpha value is 0.110. The highest BCUT2D eigenvalue weighted by molar-refractivity contribution is 5.85. The van der Waals surface area contributed by atoms with E-state index in [0.717, 1.165) is 0 Å². The van der Waals surface area contributed by atoms with Gasteiger partial charge in [0, 0.05) is 0 Å². The zero-order valence-corrected chi connectivity index (χ0v) is 5.27. The van der Waals surface area contributed by atoms with Gasteiger partial charge in [-0.15, -0.1) is 12.4 Å². The van der Waals surface area contributed by atoms with Gasteiger partial charge in [-0.25, -0.2) is 8.78 Å². The SMILES string of the molecule is C[C@@H]1NCC1(F)F.Cl. The molecule has 4 heteroatoms. The molecule has 0 aromatic rings. The summed E-state index contributed by atoms with van der Waals surface area (Å²) in [6.07, 6.45) is 0. The van der Waals surface area contributed by atoms with Crippen LogP contribution in [0, 0.1) is 0 Å². The number of hydrogen-bond donors (Lipinski definition) is 1. The minimum absolute atomic E-state index is 0. The first kappa shape index (κ1) is 8.11. The quantitative estimate of drug-likeness (QED) is 0.534. The van der Waals surface area contributed by atoms with Crippen LogP contribution in [0.5, 0.6) is 0 Å². The molecule has 8 heavy (non-hydrogen) atoms. The third-order valence-corrected chi connectivity index (χ3v) is 1.28. The molecular formula is C4H8ClF2N. The van der Waals surface area contributed by atoms with Crippen LogP contribution in [0.3, 0.4) is 0 Å². The van der Waals surface area contributed by atoms with E-state index in [-0.39, 0.29) is 19.0 Å². The number of rotatable bonds is 0. The van der Waals surface area contributed by atoms with E-state index in [1.807, 2.05) is 0 Å². The Balaban J connectivity index is 0.000000490. The lowest BCUT2D eigenvalue weighted by molar-refractivity contribution is -0.0880. The van der Waals surface area contributed by atoms with Crippen molar-refractivity contribution in [1.82, 2.24) is 5.32 Å². The fourth-order valence-electron chi connectivity index (χ4n) is 0.460. The van der Waals surface area contributed by atoms with Crippen LogP contribution < -0.4 is 5.32 Å². The fourth-order valence-corrected chi connectivity index (χ4v) is 0.460. The molecule has 0 amide bonds. The summed E-state index contributed by atoms with van der Waals surface area (Å²) in [6, 6.07) is -0.604. The maximum absolute atomic E-state index is 11.9. The second-order valence-corrected chi connectivity index (χ2v) is 1.86. The summed E-state index contributed by atoms with van der Waals surface area (Å²) in [6.45, 7) is 1.33. The monoisotopic (exact) mass is 143 g/mol. The van der Waals surface area contributed by atoms with E-state index < -0.39 is 12.0 Å². The first-order valence-corrected chi connectivity index (χ1v) is 2.24. The number of halogens is 3. The van der Waals surface area contributed by atoms with Crippen LogP contribution in [0.25, 0.3) is 0 Å². The highest BCUT2D eigenvalue weighted by Gasteiger charge is 2.44. The zero-order valence-electron chi connectivity index (χ0n) is 4.45. The molecule has 1 N–H and O–H groups in total. The molecule has 1 saturated heterocycles. The van der Waals surface area contributed by atoms with Crippen LogP contribution >= 0.6 is 12.4 Å². The first-order valence-electron chi connectivity index (χ1n) is 2.24. The maximum Gasteiger partial charge on any atom is 0.274 e. The molecule has 0 aromatic heterocycles. The Kier molecular flexibility index (Phi) is 2.18. The van der Waals surface area contributed by atoms with Gasteiger partial charge in [-0.2, -0.15) is 0 Å². The van der Waals surface area contributed by atoms with Gasteiger partial charge in [0.25, 0.3) is 5.92 Å². The predicted octanol–water partition coefficient (Wildman–Crippen LogP) is 1.04. The molecule has 1 heterocycles. The first-order chi connectivity index (χ1) is 3.13. The molecule has 1 atom stereocenters. The Morgan fingerprint density at radius 2 is 2.00 bits per heavy atom. The van der Waals surface area contributed by atoms with Gasteiger partial charge in [-0.3, -0.25) is 0 Å². The molecule has 50 valence electrons. The van der Waals surface area contributed by atoms with Crippen molar-refractivity contribution < 1.29 is 8.78 Å². The molecule has 0 spiro atoms. The minimum Gasteiger partial charge on any atom is -0.303 e. The summed E-state index contributed by atoms with van der Waals surface area (Å²) < 4.78 is 23.7. The van der Waals surface area contributed by atoms with Crippen LogP contribution in [-0.2, 0) is 0 Å².